The second kappa shape index (κ2) is 6.32. The summed E-state index contributed by atoms with van der Waals surface area (Å²) < 4.78 is 5.78. The number of nitrogens with one attached hydrogen (secondary N) is 1. The highest BCUT2D eigenvalue weighted by Crippen LogP contribution is 2.46. The third kappa shape index (κ3) is 2.92. The number of rotatable bonds is 2. The van der Waals surface area contributed by atoms with E-state index < -0.39 is 0 Å². The van der Waals surface area contributed by atoms with Gasteiger partial charge in [0.15, 0.2) is 5.17 Å². The van der Waals surface area contributed by atoms with Gasteiger partial charge in [-0.15, -0.1) is 0 Å². The highest BCUT2D eigenvalue weighted by Gasteiger charge is 2.41. The second-order valence-corrected chi connectivity index (χ2v) is 7.71. The van der Waals surface area contributed by atoms with E-state index in [0.717, 1.165) is 34.6 Å². The summed E-state index contributed by atoms with van der Waals surface area (Å²) in [5.74, 6) is 1.38. The molecule has 0 bridgehead atoms. The number of aryl methyl sites for hydroxylation is 2. The molecule has 1 atom stereocenters. The van der Waals surface area contributed by atoms with Crippen molar-refractivity contribution in [3.8, 4) is 5.75 Å². The van der Waals surface area contributed by atoms with Gasteiger partial charge >= 0.3 is 0 Å². The van der Waals surface area contributed by atoms with Gasteiger partial charge in [-0.05, 0) is 43.2 Å². The number of thioether (sulfide) groups is 1. The van der Waals surface area contributed by atoms with E-state index in [2.05, 4.69) is 15.3 Å². The first kappa shape index (κ1) is 16.9. The van der Waals surface area contributed by atoms with Crippen LogP contribution in [0.4, 0.5) is 5.69 Å². The molecule has 0 fully saturated rings. The number of aromatic nitrogens is 1. The van der Waals surface area contributed by atoms with Gasteiger partial charge in [0.25, 0.3) is 5.91 Å². The van der Waals surface area contributed by atoms with Crippen LogP contribution in [0, 0.1) is 13.8 Å². The Kier molecular flexibility index (Phi) is 4.11. The molecular formula is C19H20N4O2S. The van der Waals surface area contributed by atoms with E-state index in [-0.39, 0.29) is 11.4 Å². The molecule has 1 aromatic carbocycles. The fourth-order valence-corrected chi connectivity index (χ4v) is 4.43. The number of pyridine rings is 1. The molecule has 0 radical (unpaired) electrons. The largest absolute Gasteiger partial charge is 0.493 e. The van der Waals surface area contributed by atoms with Crippen LogP contribution in [-0.2, 0) is 5.54 Å². The standard InChI is InChI=1S/C19H20N4O2S/c1-11-7-12(2)16(21-9-11)17(24)22-13-3-4-15-14(8-13)19(5-6-25-15)10-26-18(20)23-19/h3-4,7-9H,5-6,10H2,1-2H3,(H2,20,23)(H,22,24). The highest BCUT2D eigenvalue weighted by molar-refractivity contribution is 8.14. The molecule has 1 spiro atoms. The van der Waals surface area contributed by atoms with Gasteiger partial charge in [-0.25, -0.2) is 0 Å². The molecule has 2 aliphatic heterocycles. The van der Waals surface area contributed by atoms with Crippen LogP contribution in [-0.4, -0.2) is 28.4 Å². The van der Waals surface area contributed by atoms with E-state index in [9.17, 15) is 4.79 Å². The Morgan fingerprint density at radius 2 is 2.19 bits per heavy atom. The van der Waals surface area contributed by atoms with Crippen LogP contribution >= 0.6 is 11.8 Å². The molecule has 3 N–H and O–H groups in total. The molecule has 0 aliphatic carbocycles. The van der Waals surface area contributed by atoms with E-state index in [1.807, 2.05) is 38.1 Å². The first-order valence-electron chi connectivity index (χ1n) is 8.47. The van der Waals surface area contributed by atoms with Gasteiger partial charge in [0.05, 0.1) is 6.61 Å². The minimum atomic E-state index is -0.360. The summed E-state index contributed by atoms with van der Waals surface area (Å²) in [6.45, 7) is 4.46. The number of benzene rings is 1. The summed E-state index contributed by atoms with van der Waals surface area (Å²) in [7, 11) is 0. The van der Waals surface area contributed by atoms with Crippen LogP contribution in [0.25, 0.3) is 0 Å². The lowest BCUT2D eigenvalue weighted by atomic mass is 9.86. The first-order valence-corrected chi connectivity index (χ1v) is 9.45. The van der Waals surface area contributed by atoms with Crippen LogP contribution in [0.1, 0.15) is 33.6 Å². The van der Waals surface area contributed by atoms with Crippen LogP contribution in [0.5, 0.6) is 5.75 Å². The maximum Gasteiger partial charge on any atom is 0.274 e. The summed E-state index contributed by atoms with van der Waals surface area (Å²) in [6, 6.07) is 7.62. The smallest absolute Gasteiger partial charge is 0.274 e. The summed E-state index contributed by atoms with van der Waals surface area (Å²) in [6.07, 6.45) is 2.48. The number of amidine groups is 1. The molecular weight excluding hydrogens is 348 g/mol. The lowest BCUT2D eigenvalue weighted by molar-refractivity contribution is 0.102. The Bertz CT molecular complexity index is 928. The summed E-state index contributed by atoms with van der Waals surface area (Å²) >= 11 is 1.56. The second-order valence-electron chi connectivity index (χ2n) is 6.71. The number of ether oxygens (including phenoxy) is 1. The maximum absolute atomic E-state index is 12.6. The Balaban J connectivity index is 1.65. The molecule has 6 nitrogen and oxygen atoms in total. The molecule has 2 aliphatic rings. The average Bonchev–Trinajstić information content (AvgIpc) is 2.97. The minimum absolute atomic E-state index is 0.225. The van der Waals surface area contributed by atoms with Gasteiger partial charge in [-0.1, -0.05) is 17.8 Å². The van der Waals surface area contributed by atoms with E-state index in [1.165, 1.54) is 0 Å². The zero-order valence-corrected chi connectivity index (χ0v) is 15.5. The van der Waals surface area contributed by atoms with Crippen LogP contribution in [0.15, 0.2) is 35.5 Å². The van der Waals surface area contributed by atoms with Crippen LogP contribution in [0.3, 0.4) is 0 Å². The van der Waals surface area contributed by atoms with E-state index >= 15 is 0 Å². The Morgan fingerprint density at radius 1 is 1.35 bits per heavy atom. The number of anilines is 1. The molecule has 26 heavy (non-hydrogen) atoms. The summed E-state index contributed by atoms with van der Waals surface area (Å²) in [5.41, 5.74) is 9.54. The zero-order chi connectivity index (χ0) is 18.3. The van der Waals surface area contributed by atoms with E-state index in [0.29, 0.717) is 23.2 Å². The molecule has 0 saturated heterocycles. The van der Waals surface area contributed by atoms with Crippen molar-refractivity contribution in [2.75, 3.05) is 17.7 Å². The summed E-state index contributed by atoms with van der Waals surface area (Å²) in [5, 5.41) is 3.55. The van der Waals surface area contributed by atoms with Gasteiger partial charge in [0, 0.05) is 29.6 Å². The quantitative estimate of drug-likeness (QED) is 0.850. The number of aliphatic imine (C=N–C) groups is 1. The van der Waals surface area contributed by atoms with Gasteiger partial charge in [-0.3, -0.25) is 14.8 Å². The van der Waals surface area contributed by atoms with Gasteiger partial charge in [-0.2, -0.15) is 0 Å². The topological polar surface area (TPSA) is 89.6 Å². The van der Waals surface area contributed by atoms with Crippen molar-refractivity contribution in [2.45, 2.75) is 25.8 Å². The predicted octanol–water partition coefficient (Wildman–Crippen LogP) is 2.99. The third-order valence-corrected chi connectivity index (χ3v) is 5.73. The Hall–Kier alpha value is -2.54. The Morgan fingerprint density at radius 3 is 2.92 bits per heavy atom. The normalized spacial score (nSPS) is 21.1. The van der Waals surface area contributed by atoms with Crippen molar-refractivity contribution in [3.63, 3.8) is 0 Å². The number of fused-ring (bicyclic) bond motifs is 2. The van der Waals surface area contributed by atoms with Crippen molar-refractivity contribution < 1.29 is 9.53 Å². The number of amides is 1. The zero-order valence-electron chi connectivity index (χ0n) is 14.7. The van der Waals surface area contributed by atoms with Crippen molar-refractivity contribution in [1.29, 1.82) is 0 Å². The molecule has 134 valence electrons. The average molecular weight is 368 g/mol. The van der Waals surface area contributed by atoms with Crippen molar-refractivity contribution in [1.82, 2.24) is 4.98 Å². The number of nitrogens with two attached hydrogens (primary N) is 1. The van der Waals surface area contributed by atoms with Gasteiger partial charge < -0.3 is 15.8 Å². The molecule has 4 rings (SSSR count). The van der Waals surface area contributed by atoms with Crippen molar-refractivity contribution in [3.05, 3.63) is 52.8 Å². The Labute approximate surface area is 156 Å². The van der Waals surface area contributed by atoms with Gasteiger partial charge in [0.1, 0.15) is 17.0 Å². The lowest BCUT2D eigenvalue weighted by Gasteiger charge is -2.32. The monoisotopic (exact) mass is 368 g/mol. The molecule has 7 heteroatoms. The number of hydrogen-bond acceptors (Lipinski definition) is 6. The maximum atomic E-state index is 12.6. The lowest BCUT2D eigenvalue weighted by Crippen LogP contribution is -2.32. The predicted molar refractivity (Wildman–Crippen MR) is 104 cm³/mol. The molecule has 1 amide bonds. The molecule has 2 aromatic rings. The van der Waals surface area contributed by atoms with Crippen LogP contribution < -0.4 is 15.8 Å². The molecule has 1 aromatic heterocycles. The third-order valence-electron chi connectivity index (χ3n) is 4.73. The number of carbonyl (C=O) groups is 1. The van der Waals surface area contributed by atoms with Crippen molar-refractivity contribution in [2.24, 2.45) is 10.7 Å². The first-order chi connectivity index (χ1) is 12.5. The summed E-state index contributed by atoms with van der Waals surface area (Å²) in [4.78, 5) is 21.6. The fraction of sp³-hybridized carbons (Fsp3) is 0.316. The van der Waals surface area contributed by atoms with Crippen molar-refractivity contribution >= 4 is 28.5 Å². The number of carbonyl (C=O) groups excluding carboxylic acids is 1. The van der Waals surface area contributed by atoms with Crippen LogP contribution in [0.2, 0.25) is 0 Å². The SMILES string of the molecule is Cc1cnc(C(=O)Nc2ccc3c(c2)C2(CCO3)CSC(N)=N2)c(C)c1. The molecule has 1 unspecified atom stereocenters. The minimum Gasteiger partial charge on any atom is -0.493 e. The highest BCUT2D eigenvalue weighted by atomic mass is 32.2. The number of nitrogens with zero attached hydrogens (tertiary/aromatic N) is 2. The van der Waals surface area contributed by atoms with Gasteiger partial charge in [0.2, 0.25) is 0 Å². The number of hydrogen-bond donors (Lipinski definition) is 2. The fourth-order valence-electron chi connectivity index (χ4n) is 3.44. The molecule has 3 heterocycles. The van der Waals surface area contributed by atoms with E-state index in [4.69, 9.17) is 10.5 Å². The molecule has 0 saturated carbocycles. The van der Waals surface area contributed by atoms with E-state index in [1.54, 1.807) is 18.0 Å².